The summed E-state index contributed by atoms with van der Waals surface area (Å²) >= 11 is 0. The number of nitriles is 1. The second-order valence-electron chi connectivity index (χ2n) is 2.79. The van der Waals surface area contributed by atoms with E-state index in [0.29, 0.717) is 25.0 Å². The Kier molecular flexibility index (Phi) is 5.69. The molecule has 0 amide bonds. The molecular weight excluding hydrogens is 176 g/mol. The van der Waals surface area contributed by atoms with Gasteiger partial charge in [0.2, 0.25) is 0 Å². The maximum atomic E-state index is 10.8. The topological polar surface area (TPSA) is 44.1 Å². The van der Waals surface area contributed by atoms with Crippen LogP contribution < -0.4 is 0 Å². The van der Waals surface area contributed by atoms with Crippen molar-refractivity contribution in [1.82, 2.24) is 4.90 Å². The third kappa shape index (κ3) is 3.70. The number of rotatable bonds is 2. The molecule has 0 spiro atoms. The third-order valence-corrected chi connectivity index (χ3v) is 1.95. The van der Waals surface area contributed by atoms with E-state index in [1.54, 1.807) is 0 Å². The summed E-state index contributed by atoms with van der Waals surface area (Å²) in [4.78, 5) is 13.0. The molecule has 12 heavy (non-hydrogen) atoms. The molecule has 3 nitrogen and oxygen atoms in total. The van der Waals surface area contributed by atoms with E-state index in [0.717, 1.165) is 19.6 Å². The second kappa shape index (κ2) is 5.99. The average Bonchev–Trinajstić information content (AvgIpc) is 2.04. The van der Waals surface area contributed by atoms with Crippen LogP contribution in [-0.4, -0.2) is 30.3 Å². The van der Waals surface area contributed by atoms with Crippen LogP contribution in [0.25, 0.3) is 0 Å². The fraction of sp³-hybridized carbons (Fsp3) is 0.750. The standard InChI is InChI=1S/C8H12N2O.ClH/c9-4-1-5-10-6-2-8(11)3-7-10;/h1-3,5-7H2;1H. The summed E-state index contributed by atoms with van der Waals surface area (Å²) in [7, 11) is 0. The van der Waals surface area contributed by atoms with Crippen molar-refractivity contribution in [1.29, 1.82) is 5.26 Å². The van der Waals surface area contributed by atoms with E-state index in [1.807, 2.05) is 0 Å². The lowest BCUT2D eigenvalue weighted by atomic mass is 10.1. The number of hydrogen-bond acceptors (Lipinski definition) is 3. The van der Waals surface area contributed by atoms with Crippen molar-refractivity contribution in [2.75, 3.05) is 19.6 Å². The third-order valence-electron chi connectivity index (χ3n) is 1.95. The molecule has 0 saturated carbocycles. The predicted molar refractivity (Wildman–Crippen MR) is 48.2 cm³/mol. The van der Waals surface area contributed by atoms with Crippen molar-refractivity contribution in [3.63, 3.8) is 0 Å². The highest BCUT2D eigenvalue weighted by Crippen LogP contribution is 2.05. The lowest BCUT2D eigenvalue weighted by molar-refractivity contribution is -0.121. The fourth-order valence-electron chi connectivity index (χ4n) is 1.23. The molecule has 0 aromatic rings. The second-order valence-corrected chi connectivity index (χ2v) is 2.79. The molecule has 1 aliphatic heterocycles. The number of halogens is 1. The number of nitrogens with zero attached hydrogens (tertiary/aromatic N) is 2. The Labute approximate surface area is 78.8 Å². The van der Waals surface area contributed by atoms with Gasteiger partial charge < -0.3 is 4.90 Å². The zero-order valence-corrected chi connectivity index (χ0v) is 7.77. The van der Waals surface area contributed by atoms with E-state index in [4.69, 9.17) is 5.26 Å². The first-order valence-corrected chi connectivity index (χ1v) is 3.94. The van der Waals surface area contributed by atoms with Crippen molar-refractivity contribution < 1.29 is 4.79 Å². The summed E-state index contributed by atoms with van der Waals surface area (Å²) in [5.41, 5.74) is 0. The molecule has 0 bridgehead atoms. The Morgan fingerprint density at radius 2 is 2.00 bits per heavy atom. The number of carbonyl (C=O) groups is 1. The van der Waals surface area contributed by atoms with Crippen molar-refractivity contribution >= 4 is 18.2 Å². The van der Waals surface area contributed by atoms with Crippen LogP contribution >= 0.6 is 12.4 Å². The van der Waals surface area contributed by atoms with Crippen molar-refractivity contribution in [3.8, 4) is 6.07 Å². The van der Waals surface area contributed by atoms with Gasteiger partial charge >= 0.3 is 0 Å². The van der Waals surface area contributed by atoms with Crippen LogP contribution in [0.15, 0.2) is 0 Å². The highest BCUT2D eigenvalue weighted by molar-refractivity contribution is 5.85. The smallest absolute Gasteiger partial charge is 0.135 e. The lowest BCUT2D eigenvalue weighted by Crippen LogP contribution is -2.34. The molecule has 1 saturated heterocycles. The van der Waals surface area contributed by atoms with Gasteiger partial charge in [0, 0.05) is 38.9 Å². The van der Waals surface area contributed by atoms with Crippen molar-refractivity contribution in [2.45, 2.75) is 19.3 Å². The number of likely N-dealkylation sites (tertiary alicyclic amines) is 1. The quantitative estimate of drug-likeness (QED) is 0.649. The molecule has 4 heteroatoms. The molecule has 0 aromatic carbocycles. The predicted octanol–water partition coefficient (Wildman–Crippen LogP) is 0.987. The van der Waals surface area contributed by atoms with Crippen molar-refractivity contribution in [3.05, 3.63) is 0 Å². The van der Waals surface area contributed by atoms with Crippen LogP contribution in [0, 0.1) is 11.3 Å². The van der Waals surface area contributed by atoms with E-state index < -0.39 is 0 Å². The van der Waals surface area contributed by atoms with E-state index in [9.17, 15) is 4.79 Å². The van der Waals surface area contributed by atoms with Gasteiger partial charge in [-0.05, 0) is 0 Å². The highest BCUT2D eigenvalue weighted by atomic mass is 35.5. The van der Waals surface area contributed by atoms with Crippen LogP contribution in [0.4, 0.5) is 0 Å². The number of Topliss-reactive ketones (excluding diaryl/α,β-unsaturated/α-hetero) is 1. The molecule has 1 rings (SSSR count). The van der Waals surface area contributed by atoms with Gasteiger partial charge in [0.1, 0.15) is 5.78 Å². The first-order valence-electron chi connectivity index (χ1n) is 3.94. The number of piperidine rings is 1. The Bertz CT molecular complexity index is 178. The molecular formula is C8H13ClN2O. The molecule has 0 aliphatic carbocycles. The van der Waals surface area contributed by atoms with Gasteiger partial charge in [-0.2, -0.15) is 5.26 Å². The normalized spacial score (nSPS) is 18.1. The summed E-state index contributed by atoms with van der Waals surface area (Å²) in [5.74, 6) is 0.359. The largest absolute Gasteiger partial charge is 0.301 e. The summed E-state index contributed by atoms with van der Waals surface area (Å²) in [6.45, 7) is 2.52. The molecule has 0 atom stereocenters. The molecule has 1 fully saturated rings. The van der Waals surface area contributed by atoms with E-state index >= 15 is 0 Å². The fourth-order valence-corrected chi connectivity index (χ4v) is 1.23. The minimum absolute atomic E-state index is 0. The van der Waals surface area contributed by atoms with Gasteiger partial charge in [0.05, 0.1) is 6.07 Å². The van der Waals surface area contributed by atoms with Gasteiger partial charge in [-0.25, -0.2) is 0 Å². The monoisotopic (exact) mass is 188 g/mol. The van der Waals surface area contributed by atoms with Crippen LogP contribution in [0.1, 0.15) is 19.3 Å². The SMILES string of the molecule is Cl.N#CCCN1CCC(=O)CC1. The molecule has 0 N–H and O–H groups in total. The van der Waals surface area contributed by atoms with Crippen LogP contribution in [-0.2, 0) is 4.79 Å². The molecule has 68 valence electrons. The maximum Gasteiger partial charge on any atom is 0.135 e. The summed E-state index contributed by atoms with van der Waals surface area (Å²) in [6.07, 6.45) is 1.92. The Balaban J connectivity index is 0.00000121. The Hall–Kier alpha value is -0.590. The molecule has 0 unspecified atom stereocenters. The molecule has 1 aliphatic rings. The minimum Gasteiger partial charge on any atom is -0.301 e. The molecule has 0 aromatic heterocycles. The van der Waals surface area contributed by atoms with E-state index in [2.05, 4.69) is 11.0 Å². The van der Waals surface area contributed by atoms with E-state index in [-0.39, 0.29) is 12.4 Å². The summed E-state index contributed by atoms with van der Waals surface area (Å²) < 4.78 is 0. The van der Waals surface area contributed by atoms with Crippen LogP contribution in [0.3, 0.4) is 0 Å². The van der Waals surface area contributed by atoms with E-state index in [1.165, 1.54) is 0 Å². The van der Waals surface area contributed by atoms with Gasteiger partial charge in [0.25, 0.3) is 0 Å². The lowest BCUT2D eigenvalue weighted by Gasteiger charge is -2.24. The zero-order chi connectivity index (χ0) is 8.10. The Morgan fingerprint density at radius 1 is 1.42 bits per heavy atom. The van der Waals surface area contributed by atoms with Gasteiger partial charge in [-0.15, -0.1) is 12.4 Å². The molecule has 0 radical (unpaired) electrons. The highest BCUT2D eigenvalue weighted by Gasteiger charge is 2.14. The first-order chi connectivity index (χ1) is 5.33. The molecule has 1 heterocycles. The Morgan fingerprint density at radius 3 is 2.50 bits per heavy atom. The maximum absolute atomic E-state index is 10.8. The summed E-state index contributed by atoms with van der Waals surface area (Å²) in [5, 5.41) is 8.31. The zero-order valence-electron chi connectivity index (χ0n) is 6.95. The average molecular weight is 189 g/mol. The van der Waals surface area contributed by atoms with Crippen molar-refractivity contribution in [2.24, 2.45) is 0 Å². The van der Waals surface area contributed by atoms with Crippen LogP contribution in [0.5, 0.6) is 0 Å². The minimum atomic E-state index is 0. The van der Waals surface area contributed by atoms with Crippen LogP contribution in [0.2, 0.25) is 0 Å². The van der Waals surface area contributed by atoms with Gasteiger partial charge in [0.15, 0.2) is 0 Å². The first kappa shape index (κ1) is 11.4. The number of carbonyl (C=O) groups excluding carboxylic acids is 1. The van der Waals surface area contributed by atoms with Gasteiger partial charge in [-0.1, -0.05) is 0 Å². The number of hydrogen-bond donors (Lipinski definition) is 0. The van der Waals surface area contributed by atoms with Gasteiger partial charge in [-0.3, -0.25) is 4.79 Å². The summed E-state index contributed by atoms with van der Waals surface area (Å²) in [6, 6.07) is 2.10. The number of ketones is 1.